The van der Waals surface area contributed by atoms with E-state index in [0.717, 1.165) is 30.3 Å². The van der Waals surface area contributed by atoms with E-state index in [9.17, 15) is 0 Å². The maximum atomic E-state index is 5.28. The van der Waals surface area contributed by atoms with Crippen molar-refractivity contribution in [1.29, 1.82) is 0 Å². The zero-order valence-corrected chi connectivity index (χ0v) is 12.9. The molecule has 0 atom stereocenters. The standard InChI is InChI=1S/C17H22N2O2/c1-12-17(13(2)21-18-12)11-19(15-6-7-15)10-14-4-8-16(20-3)9-5-14/h4-5,8-9,15H,6-7,10-11H2,1-3H3. The molecule has 0 bridgehead atoms. The summed E-state index contributed by atoms with van der Waals surface area (Å²) in [6.45, 7) is 5.88. The topological polar surface area (TPSA) is 38.5 Å². The van der Waals surface area contributed by atoms with Crippen molar-refractivity contribution >= 4 is 0 Å². The van der Waals surface area contributed by atoms with Gasteiger partial charge in [0.25, 0.3) is 0 Å². The molecule has 0 unspecified atom stereocenters. The van der Waals surface area contributed by atoms with Crippen molar-refractivity contribution in [2.24, 2.45) is 0 Å². The average molecular weight is 286 g/mol. The predicted octanol–water partition coefficient (Wildman–Crippen LogP) is 3.46. The van der Waals surface area contributed by atoms with Crippen LogP contribution in [0.3, 0.4) is 0 Å². The SMILES string of the molecule is COc1ccc(CN(Cc2c(C)noc2C)C2CC2)cc1. The van der Waals surface area contributed by atoms with Gasteiger partial charge in [-0.1, -0.05) is 17.3 Å². The Morgan fingerprint density at radius 2 is 1.90 bits per heavy atom. The smallest absolute Gasteiger partial charge is 0.138 e. The molecular weight excluding hydrogens is 264 g/mol. The molecule has 0 spiro atoms. The lowest BCUT2D eigenvalue weighted by molar-refractivity contribution is 0.243. The van der Waals surface area contributed by atoms with Crippen LogP contribution in [-0.2, 0) is 13.1 Å². The van der Waals surface area contributed by atoms with Gasteiger partial charge >= 0.3 is 0 Å². The number of hydrogen-bond acceptors (Lipinski definition) is 4. The van der Waals surface area contributed by atoms with Gasteiger partial charge in [0.1, 0.15) is 11.5 Å². The summed E-state index contributed by atoms with van der Waals surface area (Å²) >= 11 is 0. The van der Waals surface area contributed by atoms with E-state index in [0.29, 0.717) is 6.04 Å². The van der Waals surface area contributed by atoms with Gasteiger partial charge in [0.2, 0.25) is 0 Å². The van der Waals surface area contributed by atoms with Gasteiger partial charge in [-0.3, -0.25) is 4.90 Å². The number of rotatable bonds is 6. The largest absolute Gasteiger partial charge is 0.497 e. The normalized spacial score (nSPS) is 14.7. The van der Waals surface area contributed by atoms with Crippen LogP contribution in [0, 0.1) is 13.8 Å². The quantitative estimate of drug-likeness (QED) is 0.815. The van der Waals surface area contributed by atoms with Crippen LogP contribution in [0.15, 0.2) is 28.8 Å². The fourth-order valence-corrected chi connectivity index (χ4v) is 2.65. The summed E-state index contributed by atoms with van der Waals surface area (Å²) in [5, 5.41) is 4.06. The van der Waals surface area contributed by atoms with Crippen molar-refractivity contribution in [2.45, 2.75) is 45.8 Å². The number of aryl methyl sites for hydroxylation is 2. The van der Waals surface area contributed by atoms with E-state index in [4.69, 9.17) is 9.26 Å². The van der Waals surface area contributed by atoms with Crippen molar-refractivity contribution in [3.05, 3.63) is 46.8 Å². The molecule has 0 amide bonds. The monoisotopic (exact) mass is 286 g/mol. The molecule has 0 aliphatic heterocycles. The second kappa shape index (κ2) is 5.90. The third-order valence-electron chi connectivity index (χ3n) is 4.15. The average Bonchev–Trinajstić information content (AvgIpc) is 3.29. The van der Waals surface area contributed by atoms with E-state index in [1.54, 1.807) is 7.11 Å². The van der Waals surface area contributed by atoms with Gasteiger partial charge in [0, 0.05) is 24.7 Å². The Bertz CT molecular complexity index is 580. The molecule has 1 aliphatic rings. The number of hydrogen-bond donors (Lipinski definition) is 0. The lowest BCUT2D eigenvalue weighted by Gasteiger charge is -2.22. The summed E-state index contributed by atoms with van der Waals surface area (Å²) in [4.78, 5) is 2.52. The van der Waals surface area contributed by atoms with Gasteiger partial charge in [0.15, 0.2) is 0 Å². The predicted molar refractivity (Wildman–Crippen MR) is 81.2 cm³/mol. The molecule has 1 aliphatic carbocycles. The van der Waals surface area contributed by atoms with Crippen LogP contribution in [0.5, 0.6) is 5.75 Å². The molecule has 0 radical (unpaired) electrons. The highest BCUT2D eigenvalue weighted by Gasteiger charge is 2.30. The molecule has 1 saturated carbocycles. The molecule has 1 aromatic carbocycles. The van der Waals surface area contributed by atoms with Crippen LogP contribution in [0.4, 0.5) is 0 Å². The first-order valence-corrected chi connectivity index (χ1v) is 7.46. The summed E-state index contributed by atoms with van der Waals surface area (Å²) in [6, 6.07) is 9.02. The lowest BCUT2D eigenvalue weighted by atomic mass is 10.1. The summed E-state index contributed by atoms with van der Waals surface area (Å²) < 4.78 is 10.5. The Morgan fingerprint density at radius 1 is 1.19 bits per heavy atom. The highest BCUT2D eigenvalue weighted by molar-refractivity contribution is 5.27. The van der Waals surface area contributed by atoms with Gasteiger partial charge in [-0.05, 0) is 44.4 Å². The maximum Gasteiger partial charge on any atom is 0.138 e. The van der Waals surface area contributed by atoms with E-state index in [2.05, 4.69) is 22.2 Å². The van der Waals surface area contributed by atoms with Crippen LogP contribution in [0.2, 0.25) is 0 Å². The minimum absolute atomic E-state index is 0.695. The molecule has 4 nitrogen and oxygen atoms in total. The van der Waals surface area contributed by atoms with E-state index in [-0.39, 0.29) is 0 Å². The fraction of sp³-hybridized carbons (Fsp3) is 0.471. The minimum Gasteiger partial charge on any atom is -0.497 e. The summed E-state index contributed by atoms with van der Waals surface area (Å²) in [6.07, 6.45) is 2.58. The van der Waals surface area contributed by atoms with Crippen molar-refractivity contribution < 1.29 is 9.26 Å². The van der Waals surface area contributed by atoms with Crippen molar-refractivity contribution in [1.82, 2.24) is 10.1 Å². The van der Waals surface area contributed by atoms with Gasteiger partial charge in [-0.15, -0.1) is 0 Å². The molecule has 1 fully saturated rings. The number of nitrogens with zero attached hydrogens (tertiary/aromatic N) is 2. The van der Waals surface area contributed by atoms with Crippen LogP contribution in [-0.4, -0.2) is 23.2 Å². The Labute approximate surface area is 125 Å². The molecule has 2 aromatic rings. The molecule has 0 saturated heterocycles. The summed E-state index contributed by atoms with van der Waals surface area (Å²) in [5.74, 6) is 1.84. The number of ether oxygens (including phenoxy) is 1. The molecule has 1 aromatic heterocycles. The molecule has 112 valence electrons. The second-order valence-corrected chi connectivity index (χ2v) is 5.79. The third kappa shape index (κ3) is 3.27. The van der Waals surface area contributed by atoms with E-state index in [1.165, 1.54) is 24.0 Å². The zero-order chi connectivity index (χ0) is 14.8. The van der Waals surface area contributed by atoms with Crippen LogP contribution < -0.4 is 4.74 Å². The first kappa shape index (κ1) is 14.1. The Hall–Kier alpha value is -1.81. The zero-order valence-electron chi connectivity index (χ0n) is 12.9. The van der Waals surface area contributed by atoms with Crippen molar-refractivity contribution in [3.8, 4) is 5.75 Å². The number of benzene rings is 1. The van der Waals surface area contributed by atoms with Crippen molar-refractivity contribution in [3.63, 3.8) is 0 Å². The van der Waals surface area contributed by atoms with E-state index in [1.807, 2.05) is 26.0 Å². The highest BCUT2D eigenvalue weighted by Crippen LogP contribution is 2.31. The molecular formula is C17H22N2O2. The molecule has 1 heterocycles. The molecule has 4 heteroatoms. The Kier molecular flexibility index (Phi) is 3.97. The van der Waals surface area contributed by atoms with Gasteiger partial charge < -0.3 is 9.26 Å². The van der Waals surface area contributed by atoms with Gasteiger partial charge in [-0.25, -0.2) is 0 Å². The molecule has 0 N–H and O–H groups in total. The van der Waals surface area contributed by atoms with E-state index < -0.39 is 0 Å². The van der Waals surface area contributed by atoms with Crippen LogP contribution in [0.1, 0.15) is 35.4 Å². The lowest BCUT2D eigenvalue weighted by Crippen LogP contribution is -2.25. The van der Waals surface area contributed by atoms with Gasteiger partial charge in [0.05, 0.1) is 12.8 Å². The van der Waals surface area contributed by atoms with Gasteiger partial charge in [-0.2, -0.15) is 0 Å². The first-order chi connectivity index (χ1) is 10.2. The van der Waals surface area contributed by atoms with Crippen LogP contribution in [0.25, 0.3) is 0 Å². The minimum atomic E-state index is 0.695. The Balaban J connectivity index is 1.72. The van der Waals surface area contributed by atoms with Crippen LogP contribution >= 0.6 is 0 Å². The number of aromatic nitrogens is 1. The molecule has 3 rings (SSSR count). The summed E-state index contributed by atoms with van der Waals surface area (Å²) in [5.41, 5.74) is 3.55. The maximum absolute atomic E-state index is 5.28. The molecule has 21 heavy (non-hydrogen) atoms. The van der Waals surface area contributed by atoms with Crippen molar-refractivity contribution in [2.75, 3.05) is 7.11 Å². The fourth-order valence-electron chi connectivity index (χ4n) is 2.65. The Morgan fingerprint density at radius 3 is 2.43 bits per heavy atom. The van der Waals surface area contributed by atoms with E-state index >= 15 is 0 Å². The third-order valence-corrected chi connectivity index (χ3v) is 4.15. The highest BCUT2D eigenvalue weighted by atomic mass is 16.5. The summed E-state index contributed by atoms with van der Waals surface area (Å²) in [7, 11) is 1.70. The second-order valence-electron chi connectivity index (χ2n) is 5.79. The number of methoxy groups -OCH3 is 1. The first-order valence-electron chi connectivity index (χ1n) is 7.46.